The fraction of sp³-hybridized carbons (Fsp3) is 0.722. The molecule has 2 heterocycles. The van der Waals surface area contributed by atoms with Crippen LogP contribution in [0.4, 0.5) is 0 Å². The van der Waals surface area contributed by atoms with E-state index in [9.17, 15) is 0 Å². The third-order valence-electron chi connectivity index (χ3n) is 4.96. The van der Waals surface area contributed by atoms with Gasteiger partial charge < -0.3 is 19.8 Å². The molecule has 7 heteroatoms. The maximum Gasteiger partial charge on any atom is 0.191 e. The van der Waals surface area contributed by atoms with E-state index >= 15 is 0 Å². The van der Waals surface area contributed by atoms with Gasteiger partial charge in [0, 0.05) is 32.7 Å². The Bertz CT molecular complexity index is 537. The van der Waals surface area contributed by atoms with Crippen molar-refractivity contribution in [2.45, 2.75) is 44.7 Å². The molecule has 1 atom stereocenters. The molecule has 1 aromatic heterocycles. The predicted molar refractivity (Wildman–Crippen MR) is 111 cm³/mol. The summed E-state index contributed by atoms with van der Waals surface area (Å²) < 4.78 is 11.4. The molecular formula is C18H31IN4O2. The first-order valence-electron chi connectivity index (χ1n) is 9.11. The number of guanidine groups is 1. The lowest BCUT2D eigenvalue weighted by Gasteiger charge is -2.33. The number of furan rings is 1. The van der Waals surface area contributed by atoms with Gasteiger partial charge in [0.1, 0.15) is 11.5 Å². The van der Waals surface area contributed by atoms with Gasteiger partial charge in [-0.1, -0.05) is 12.8 Å². The van der Waals surface area contributed by atoms with Crippen molar-refractivity contribution in [2.75, 3.05) is 39.9 Å². The van der Waals surface area contributed by atoms with Gasteiger partial charge in [0.15, 0.2) is 5.96 Å². The second kappa shape index (κ2) is 10.4. The first-order chi connectivity index (χ1) is 11.8. The summed E-state index contributed by atoms with van der Waals surface area (Å²) in [6.07, 6.45) is 5.11. The van der Waals surface area contributed by atoms with Gasteiger partial charge in [0.05, 0.1) is 19.3 Å². The van der Waals surface area contributed by atoms with Crippen LogP contribution in [0.1, 0.15) is 43.2 Å². The lowest BCUT2D eigenvalue weighted by molar-refractivity contribution is 0.0124. The normalized spacial score (nSPS) is 21.0. The van der Waals surface area contributed by atoms with Gasteiger partial charge >= 0.3 is 0 Å². The van der Waals surface area contributed by atoms with Crippen LogP contribution in [0.2, 0.25) is 0 Å². The number of aryl methyl sites for hydroxylation is 1. The van der Waals surface area contributed by atoms with Gasteiger partial charge in [-0.05, 0) is 31.9 Å². The number of nitrogens with one attached hydrogen (secondary N) is 2. The number of morpholine rings is 1. The Morgan fingerprint density at radius 2 is 2.00 bits per heavy atom. The number of halogens is 1. The molecular weight excluding hydrogens is 431 g/mol. The molecule has 0 aromatic carbocycles. The van der Waals surface area contributed by atoms with Crippen molar-refractivity contribution in [3.8, 4) is 0 Å². The van der Waals surface area contributed by atoms with E-state index in [1.165, 1.54) is 25.7 Å². The molecule has 6 nitrogen and oxygen atoms in total. The van der Waals surface area contributed by atoms with E-state index in [0.717, 1.165) is 50.3 Å². The van der Waals surface area contributed by atoms with E-state index in [2.05, 4.69) is 26.6 Å². The van der Waals surface area contributed by atoms with Crippen LogP contribution in [0, 0.1) is 6.92 Å². The van der Waals surface area contributed by atoms with Crippen molar-refractivity contribution in [3.05, 3.63) is 23.7 Å². The molecule has 0 amide bonds. The molecule has 3 rings (SSSR count). The van der Waals surface area contributed by atoms with Crippen LogP contribution in [0.25, 0.3) is 0 Å². The highest BCUT2D eigenvalue weighted by Crippen LogP contribution is 2.23. The Labute approximate surface area is 167 Å². The standard InChI is InChI=1S/C18H30N4O2.HI/c1-14-7-8-17(24-14)16(22-9-11-23-12-10-22)13-20-18(19-2)21-15-5-3-4-6-15;/h7-8,15-16H,3-6,9-13H2,1-2H3,(H2,19,20,21);1H. The molecule has 142 valence electrons. The van der Waals surface area contributed by atoms with E-state index in [4.69, 9.17) is 9.15 Å². The SMILES string of the molecule is CN=C(NCC(c1ccc(C)o1)N1CCOCC1)NC1CCCC1.I. The molecule has 1 unspecified atom stereocenters. The van der Waals surface area contributed by atoms with E-state index in [0.29, 0.717) is 6.04 Å². The highest BCUT2D eigenvalue weighted by molar-refractivity contribution is 14.0. The van der Waals surface area contributed by atoms with Gasteiger partial charge in [0.25, 0.3) is 0 Å². The molecule has 1 saturated heterocycles. The van der Waals surface area contributed by atoms with Gasteiger partial charge in [-0.25, -0.2) is 0 Å². The van der Waals surface area contributed by atoms with E-state index < -0.39 is 0 Å². The molecule has 2 aliphatic rings. The number of hydrogen-bond acceptors (Lipinski definition) is 4. The minimum absolute atomic E-state index is 0. The fourth-order valence-corrected chi connectivity index (χ4v) is 3.58. The van der Waals surface area contributed by atoms with Crippen molar-refractivity contribution >= 4 is 29.9 Å². The number of rotatable bonds is 5. The summed E-state index contributed by atoms with van der Waals surface area (Å²) in [6.45, 7) is 6.20. The molecule has 2 fully saturated rings. The third-order valence-corrected chi connectivity index (χ3v) is 4.96. The second-order valence-electron chi connectivity index (χ2n) is 6.69. The van der Waals surface area contributed by atoms with Crippen molar-refractivity contribution in [1.29, 1.82) is 0 Å². The summed E-state index contributed by atoms with van der Waals surface area (Å²) in [6, 6.07) is 4.88. The quantitative estimate of drug-likeness (QED) is 0.401. The number of nitrogens with zero attached hydrogens (tertiary/aromatic N) is 2. The summed E-state index contributed by atoms with van der Waals surface area (Å²) >= 11 is 0. The van der Waals surface area contributed by atoms with Crippen molar-refractivity contribution in [3.63, 3.8) is 0 Å². The predicted octanol–water partition coefficient (Wildman–Crippen LogP) is 2.69. The van der Waals surface area contributed by atoms with E-state index in [1.807, 2.05) is 20.0 Å². The van der Waals surface area contributed by atoms with Crippen LogP contribution in [0.3, 0.4) is 0 Å². The topological polar surface area (TPSA) is 62.0 Å². The fourth-order valence-electron chi connectivity index (χ4n) is 3.58. The minimum Gasteiger partial charge on any atom is -0.465 e. The maximum absolute atomic E-state index is 5.92. The lowest BCUT2D eigenvalue weighted by Crippen LogP contribution is -2.47. The molecule has 1 aliphatic heterocycles. The number of hydrogen-bond donors (Lipinski definition) is 2. The Hall–Kier alpha value is -0.800. The average molecular weight is 462 g/mol. The number of ether oxygens (including phenoxy) is 1. The summed E-state index contributed by atoms with van der Waals surface area (Å²) in [4.78, 5) is 6.82. The van der Waals surface area contributed by atoms with Gasteiger partial charge in [-0.2, -0.15) is 0 Å². The largest absolute Gasteiger partial charge is 0.465 e. The van der Waals surface area contributed by atoms with Gasteiger partial charge in [0.2, 0.25) is 0 Å². The highest BCUT2D eigenvalue weighted by atomic mass is 127. The van der Waals surface area contributed by atoms with Crippen LogP contribution in [0.15, 0.2) is 21.5 Å². The molecule has 0 radical (unpaired) electrons. The maximum atomic E-state index is 5.92. The van der Waals surface area contributed by atoms with Crippen LogP contribution in [0.5, 0.6) is 0 Å². The zero-order valence-electron chi connectivity index (χ0n) is 15.3. The lowest BCUT2D eigenvalue weighted by atomic mass is 10.1. The molecule has 2 N–H and O–H groups in total. The Morgan fingerprint density at radius 3 is 2.60 bits per heavy atom. The second-order valence-corrected chi connectivity index (χ2v) is 6.69. The van der Waals surface area contributed by atoms with Gasteiger partial charge in [-0.3, -0.25) is 9.89 Å². The molecule has 1 saturated carbocycles. The number of aliphatic imine (C=N–C) groups is 1. The molecule has 0 bridgehead atoms. The Balaban J connectivity index is 0.00000225. The van der Waals surface area contributed by atoms with Crippen LogP contribution >= 0.6 is 24.0 Å². The summed E-state index contributed by atoms with van der Waals surface area (Å²) in [5.41, 5.74) is 0. The molecule has 25 heavy (non-hydrogen) atoms. The zero-order valence-corrected chi connectivity index (χ0v) is 17.6. The van der Waals surface area contributed by atoms with E-state index in [-0.39, 0.29) is 30.0 Å². The third kappa shape index (κ3) is 5.86. The van der Waals surface area contributed by atoms with Gasteiger partial charge in [-0.15, -0.1) is 24.0 Å². The molecule has 1 aromatic rings. The first kappa shape index (κ1) is 20.5. The first-order valence-corrected chi connectivity index (χ1v) is 9.11. The Morgan fingerprint density at radius 1 is 1.28 bits per heavy atom. The smallest absolute Gasteiger partial charge is 0.191 e. The van der Waals surface area contributed by atoms with Crippen molar-refractivity contribution in [1.82, 2.24) is 15.5 Å². The van der Waals surface area contributed by atoms with Crippen LogP contribution < -0.4 is 10.6 Å². The van der Waals surface area contributed by atoms with E-state index in [1.54, 1.807) is 0 Å². The highest BCUT2D eigenvalue weighted by Gasteiger charge is 2.26. The Kier molecular flexibility index (Phi) is 8.51. The summed E-state index contributed by atoms with van der Waals surface area (Å²) in [5, 5.41) is 7.04. The summed E-state index contributed by atoms with van der Waals surface area (Å²) in [5.74, 6) is 2.86. The van der Waals surface area contributed by atoms with Crippen molar-refractivity contribution < 1.29 is 9.15 Å². The van der Waals surface area contributed by atoms with Crippen LogP contribution in [-0.2, 0) is 4.74 Å². The monoisotopic (exact) mass is 462 g/mol. The summed E-state index contributed by atoms with van der Waals surface area (Å²) in [7, 11) is 1.84. The zero-order chi connectivity index (χ0) is 16.8. The van der Waals surface area contributed by atoms with Crippen LogP contribution in [-0.4, -0.2) is 56.8 Å². The van der Waals surface area contributed by atoms with Crippen molar-refractivity contribution in [2.24, 2.45) is 4.99 Å². The minimum atomic E-state index is 0. The molecule has 1 aliphatic carbocycles. The average Bonchev–Trinajstić information content (AvgIpc) is 3.27. The molecule has 0 spiro atoms.